The van der Waals surface area contributed by atoms with E-state index in [-0.39, 0.29) is 13.0 Å². The number of allylic oxidation sites excluding steroid dienone is 2. The smallest absolute Gasteiger partial charge is 0.309 e. The fraction of sp³-hybridized carbons (Fsp3) is 0.769. The van der Waals surface area contributed by atoms with E-state index >= 15 is 0 Å². The van der Waals surface area contributed by atoms with Crippen molar-refractivity contribution >= 4 is 11.9 Å². The summed E-state index contributed by atoms with van der Waals surface area (Å²) in [6.07, 6.45) is 25.4. The van der Waals surface area contributed by atoms with E-state index in [1.165, 1.54) is 76.7 Å². The molecule has 0 radical (unpaired) electrons. The first-order valence-corrected chi connectivity index (χ1v) is 12.3. The van der Waals surface area contributed by atoms with Gasteiger partial charge in [-0.25, -0.2) is 0 Å². The van der Waals surface area contributed by atoms with Gasteiger partial charge in [0.1, 0.15) is 6.61 Å². The molecule has 0 aliphatic carbocycles. The molecule has 174 valence electrons. The van der Waals surface area contributed by atoms with E-state index < -0.39 is 17.9 Å². The summed E-state index contributed by atoms with van der Waals surface area (Å²) in [5.74, 6) is -1.89. The van der Waals surface area contributed by atoms with E-state index in [1.807, 2.05) is 0 Å². The van der Waals surface area contributed by atoms with Crippen LogP contribution in [0.1, 0.15) is 116 Å². The van der Waals surface area contributed by atoms with Crippen LogP contribution < -0.4 is 0 Å². The van der Waals surface area contributed by atoms with E-state index in [1.54, 1.807) is 0 Å². The first-order valence-electron chi connectivity index (χ1n) is 12.3. The molecule has 1 N–H and O–H groups in total. The number of carboxylic acids is 1. The summed E-state index contributed by atoms with van der Waals surface area (Å²) < 4.78 is 5.01. The molecule has 0 aliphatic heterocycles. The van der Waals surface area contributed by atoms with Crippen molar-refractivity contribution in [1.82, 2.24) is 0 Å². The zero-order valence-electron chi connectivity index (χ0n) is 19.4. The molecule has 1 unspecified atom stereocenters. The quantitative estimate of drug-likeness (QED) is 0.111. The van der Waals surface area contributed by atoms with E-state index in [0.29, 0.717) is 6.42 Å². The molecule has 0 rings (SSSR count). The molecule has 0 amide bonds. The molecule has 0 saturated heterocycles. The SMILES string of the molecule is C=CCOC(=O)C(CCCCCCCCCCCCCCC/C=C/CC)CC(=O)O. The number of unbranched alkanes of at least 4 members (excludes halogenated alkanes) is 13. The Balaban J connectivity index is 3.48. The number of hydrogen-bond donors (Lipinski definition) is 1. The molecule has 0 fully saturated rings. The maximum atomic E-state index is 11.9. The highest BCUT2D eigenvalue weighted by atomic mass is 16.5. The molecule has 0 saturated carbocycles. The van der Waals surface area contributed by atoms with E-state index in [9.17, 15) is 9.59 Å². The van der Waals surface area contributed by atoms with Crippen LogP contribution in [-0.4, -0.2) is 23.7 Å². The Morgan fingerprint density at radius 2 is 1.33 bits per heavy atom. The van der Waals surface area contributed by atoms with E-state index in [4.69, 9.17) is 9.84 Å². The number of carboxylic acid groups (broad SMARTS) is 1. The minimum Gasteiger partial charge on any atom is -0.481 e. The van der Waals surface area contributed by atoms with Crippen molar-refractivity contribution in [2.45, 2.75) is 116 Å². The Bertz CT molecular complexity index is 456. The first kappa shape index (κ1) is 28.4. The third-order valence-electron chi connectivity index (χ3n) is 5.42. The molecule has 0 aromatic heterocycles. The topological polar surface area (TPSA) is 63.6 Å². The summed E-state index contributed by atoms with van der Waals surface area (Å²) in [7, 11) is 0. The lowest BCUT2D eigenvalue weighted by molar-refractivity contribution is -0.152. The van der Waals surface area contributed by atoms with Gasteiger partial charge in [-0.2, -0.15) is 0 Å². The lowest BCUT2D eigenvalue weighted by atomic mass is 9.97. The van der Waals surface area contributed by atoms with Gasteiger partial charge in [0.05, 0.1) is 12.3 Å². The predicted molar refractivity (Wildman–Crippen MR) is 126 cm³/mol. The molecule has 0 heterocycles. The van der Waals surface area contributed by atoms with Crippen LogP contribution in [0.4, 0.5) is 0 Å². The highest BCUT2D eigenvalue weighted by Crippen LogP contribution is 2.18. The fourth-order valence-corrected chi connectivity index (χ4v) is 3.65. The summed E-state index contributed by atoms with van der Waals surface area (Å²) >= 11 is 0. The summed E-state index contributed by atoms with van der Waals surface area (Å²) in [5.41, 5.74) is 0. The van der Waals surface area contributed by atoms with Gasteiger partial charge in [-0.05, 0) is 25.7 Å². The first-order chi connectivity index (χ1) is 14.6. The molecular formula is C26H46O4. The van der Waals surface area contributed by atoms with Crippen LogP contribution in [0.2, 0.25) is 0 Å². The normalized spacial score (nSPS) is 12.2. The molecule has 1 atom stereocenters. The summed E-state index contributed by atoms with van der Waals surface area (Å²) in [6, 6.07) is 0. The number of carbonyl (C=O) groups excluding carboxylic acids is 1. The van der Waals surface area contributed by atoms with Crippen LogP contribution in [0.5, 0.6) is 0 Å². The predicted octanol–water partition coefficient (Wildman–Crippen LogP) is 7.62. The lowest BCUT2D eigenvalue weighted by Gasteiger charge is -2.13. The van der Waals surface area contributed by atoms with Crippen LogP contribution in [0.25, 0.3) is 0 Å². The summed E-state index contributed by atoms with van der Waals surface area (Å²) in [4.78, 5) is 22.8. The standard InChI is InChI=1S/C26H46O4/c1-3-5-6-7-8-9-10-11-12-13-14-15-16-17-18-19-20-21-24(23-25(27)28)26(29)30-22-4-2/h4-6,24H,2-3,7-23H2,1H3,(H,27,28)/b6-5+. The van der Waals surface area contributed by atoms with Crippen molar-refractivity contribution in [3.05, 3.63) is 24.8 Å². The molecule has 0 aromatic rings. The van der Waals surface area contributed by atoms with Crippen LogP contribution in [0.3, 0.4) is 0 Å². The van der Waals surface area contributed by atoms with Gasteiger partial charge in [-0.15, -0.1) is 0 Å². The number of rotatable bonds is 22. The molecular weight excluding hydrogens is 376 g/mol. The van der Waals surface area contributed by atoms with E-state index in [2.05, 4.69) is 25.7 Å². The highest BCUT2D eigenvalue weighted by Gasteiger charge is 2.22. The second-order valence-electron chi connectivity index (χ2n) is 8.27. The second-order valence-corrected chi connectivity index (χ2v) is 8.27. The summed E-state index contributed by atoms with van der Waals surface area (Å²) in [6.45, 7) is 5.84. The summed E-state index contributed by atoms with van der Waals surface area (Å²) in [5, 5.41) is 8.97. The maximum absolute atomic E-state index is 11.9. The van der Waals surface area contributed by atoms with Crippen molar-refractivity contribution in [2.24, 2.45) is 5.92 Å². The van der Waals surface area contributed by atoms with Crippen molar-refractivity contribution in [1.29, 1.82) is 0 Å². The van der Waals surface area contributed by atoms with Crippen LogP contribution in [0, 0.1) is 5.92 Å². The van der Waals surface area contributed by atoms with Gasteiger partial charge in [0.2, 0.25) is 0 Å². The molecule has 0 aliphatic rings. The Hall–Kier alpha value is -1.58. The van der Waals surface area contributed by atoms with Gasteiger partial charge >= 0.3 is 11.9 Å². The number of aliphatic carboxylic acids is 1. The number of esters is 1. The van der Waals surface area contributed by atoms with Gasteiger partial charge in [-0.1, -0.05) is 109 Å². The number of hydrogen-bond acceptors (Lipinski definition) is 3. The Morgan fingerprint density at radius 3 is 1.80 bits per heavy atom. The van der Waals surface area contributed by atoms with Crippen molar-refractivity contribution in [3.8, 4) is 0 Å². The molecule has 30 heavy (non-hydrogen) atoms. The van der Waals surface area contributed by atoms with Gasteiger partial charge in [0.15, 0.2) is 0 Å². The third kappa shape index (κ3) is 19.7. The average molecular weight is 423 g/mol. The third-order valence-corrected chi connectivity index (χ3v) is 5.42. The zero-order valence-corrected chi connectivity index (χ0v) is 19.4. The molecule has 0 bridgehead atoms. The van der Waals surface area contributed by atoms with Gasteiger partial charge in [-0.3, -0.25) is 9.59 Å². The Morgan fingerprint density at radius 1 is 0.833 bits per heavy atom. The number of carbonyl (C=O) groups is 2. The molecule has 0 aromatic carbocycles. The minimum atomic E-state index is -0.945. The fourth-order valence-electron chi connectivity index (χ4n) is 3.65. The second kappa shape index (κ2) is 22.1. The lowest BCUT2D eigenvalue weighted by Crippen LogP contribution is -2.21. The molecule has 4 nitrogen and oxygen atoms in total. The minimum absolute atomic E-state index is 0.144. The van der Waals surface area contributed by atoms with Gasteiger partial charge < -0.3 is 9.84 Å². The van der Waals surface area contributed by atoms with Gasteiger partial charge in [0, 0.05) is 0 Å². The average Bonchev–Trinajstić information content (AvgIpc) is 2.73. The van der Waals surface area contributed by atoms with Crippen molar-refractivity contribution in [2.75, 3.05) is 6.61 Å². The number of ether oxygens (including phenoxy) is 1. The Kier molecular flexibility index (Phi) is 20.9. The zero-order chi connectivity index (χ0) is 22.3. The highest BCUT2D eigenvalue weighted by molar-refractivity contribution is 5.79. The van der Waals surface area contributed by atoms with Crippen molar-refractivity contribution in [3.63, 3.8) is 0 Å². The van der Waals surface area contributed by atoms with Crippen LogP contribution in [-0.2, 0) is 14.3 Å². The van der Waals surface area contributed by atoms with Gasteiger partial charge in [0.25, 0.3) is 0 Å². The molecule has 4 heteroatoms. The maximum Gasteiger partial charge on any atom is 0.309 e. The largest absolute Gasteiger partial charge is 0.481 e. The van der Waals surface area contributed by atoms with Crippen LogP contribution >= 0.6 is 0 Å². The Labute approximate surface area is 185 Å². The monoisotopic (exact) mass is 422 g/mol. The van der Waals surface area contributed by atoms with E-state index in [0.717, 1.165) is 25.7 Å². The van der Waals surface area contributed by atoms with Crippen molar-refractivity contribution < 1.29 is 19.4 Å². The molecule has 0 spiro atoms. The van der Waals surface area contributed by atoms with Crippen LogP contribution in [0.15, 0.2) is 24.8 Å².